The number of methoxy groups -OCH3 is 1. The van der Waals surface area contributed by atoms with Crippen LogP contribution in [-0.2, 0) is 17.8 Å². The molecule has 0 amide bonds. The lowest BCUT2D eigenvalue weighted by atomic mass is 10.0. The first kappa shape index (κ1) is 18.6. The van der Waals surface area contributed by atoms with Gasteiger partial charge in [-0.25, -0.2) is 4.79 Å². The van der Waals surface area contributed by atoms with E-state index in [1.165, 1.54) is 7.11 Å². The van der Waals surface area contributed by atoms with Crippen LogP contribution in [0.2, 0.25) is 5.02 Å². The van der Waals surface area contributed by atoms with Crippen molar-refractivity contribution in [1.29, 1.82) is 0 Å². The lowest BCUT2D eigenvalue weighted by Crippen LogP contribution is -2.11. The standard InChI is InChI=1S/C18H18BrClO4/c1-4-12-6-5-7-16(24-18(21)22-3)13(12)10-23-17-9-15(20)11(2)8-14(17)19/h5-9H,4,10H2,1-3H3. The zero-order chi connectivity index (χ0) is 17.7. The monoisotopic (exact) mass is 412 g/mol. The predicted octanol–water partition coefficient (Wildman–Crippen LogP) is 5.70. The Morgan fingerprint density at radius 1 is 1.25 bits per heavy atom. The Balaban J connectivity index is 2.28. The van der Waals surface area contributed by atoms with Crippen molar-refractivity contribution >= 4 is 33.7 Å². The minimum atomic E-state index is -0.760. The zero-order valence-corrected chi connectivity index (χ0v) is 16.0. The van der Waals surface area contributed by atoms with E-state index in [-0.39, 0.29) is 6.61 Å². The van der Waals surface area contributed by atoms with Gasteiger partial charge in [0, 0.05) is 16.7 Å². The lowest BCUT2D eigenvalue weighted by molar-refractivity contribution is 0.120. The van der Waals surface area contributed by atoms with Gasteiger partial charge in [0.15, 0.2) is 0 Å². The van der Waals surface area contributed by atoms with Crippen LogP contribution in [0.5, 0.6) is 11.5 Å². The first-order valence-corrected chi connectivity index (χ1v) is 8.58. The van der Waals surface area contributed by atoms with Crippen LogP contribution in [0.15, 0.2) is 34.8 Å². The summed E-state index contributed by atoms with van der Waals surface area (Å²) < 4.78 is 16.5. The highest BCUT2D eigenvalue weighted by Crippen LogP contribution is 2.33. The van der Waals surface area contributed by atoms with E-state index in [0.717, 1.165) is 27.6 Å². The molecule has 0 aliphatic heterocycles. The number of aryl methyl sites for hydroxylation is 2. The average molecular weight is 414 g/mol. The molecule has 0 atom stereocenters. The molecular weight excluding hydrogens is 396 g/mol. The zero-order valence-electron chi connectivity index (χ0n) is 13.7. The van der Waals surface area contributed by atoms with Crippen molar-refractivity contribution < 1.29 is 19.0 Å². The van der Waals surface area contributed by atoms with Crippen molar-refractivity contribution in [1.82, 2.24) is 0 Å². The normalized spacial score (nSPS) is 10.4. The van der Waals surface area contributed by atoms with Crippen LogP contribution < -0.4 is 9.47 Å². The molecule has 2 aromatic rings. The number of carbonyl (C=O) groups excluding carboxylic acids is 1. The van der Waals surface area contributed by atoms with Gasteiger partial charge < -0.3 is 14.2 Å². The molecule has 0 aliphatic rings. The van der Waals surface area contributed by atoms with E-state index in [1.807, 2.05) is 32.0 Å². The summed E-state index contributed by atoms with van der Waals surface area (Å²) >= 11 is 9.63. The van der Waals surface area contributed by atoms with Crippen molar-refractivity contribution in [3.05, 3.63) is 56.5 Å². The number of ether oxygens (including phenoxy) is 3. The second-order valence-corrected chi connectivity index (χ2v) is 6.39. The molecule has 0 radical (unpaired) electrons. The van der Waals surface area contributed by atoms with Crippen molar-refractivity contribution in [3.63, 3.8) is 0 Å². The Morgan fingerprint density at radius 3 is 2.67 bits per heavy atom. The predicted molar refractivity (Wildman–Crippen MR) is 97.1 cm³/mol. The molecule has 0 N–H and O–H groups in total. The van der Waals surface area contributed by atoms with Crippen molar-refractivity contribution in [2.75, 3.05) is 7.11 Å². The van der Waals surface area contributed by atoms with E-state index in [2.05, 4.69) is 20.7 Å². The van der Waals surface area contributed by atoms with E-state index < -0.39 is 6.16 Å². The third-order valence-corrected chi connectivity index (χ3v) is 4.58. The number of halogens is 2. The number of hydrogen-bond acceptors (Lipinski definition) is 4. The van der Waals surface area contributed by atoms with Gasteiger partial charge in [-0.2, -0.15) is 0 Å². The van der Waals surface area contributed by atoms with Gasteiger partial charge in [-0.05, 0) is 52.5 Å². The largest absolute Gasteiger partial charge is 0.513 e. The molecule has 0 heterocycles. The van der Waals surface area contributed by atoms with Crippen molar-refractivity contribution in [2.45, 2.75) is 26.9 Å². The highest BCUT2D eigenvalue weighted by Gasteiger charge is 2.14. The summed E-state index contributed by atoms with van der Waals surface area (Å²) in [6.45, 7) is 4.19. The maximum atomic E-state index is 11.4. The summed E-state index contributed by atoms with van der Waals surface area (Å²) in [5.41, 5.74) is 2.79. The number of hydrogen-bond donors (Lipinski definition) is 0. The molecule has 0 unspecified atom stereocenters. The van der Waals surface area contributed by atoms with E-state index in [1.54, 1.807) is 12.1 Å². The molecule has 0 spiro atoms. The SMILES string of the molecule is CCc1cccc(OC(=O)OC)c1COc1cc(Cl)c(C)cc1Br. The molecule has 2 aromatic carbocycles. The van der Waals surface area contributed by atoms with Crippen molar-refractivity contribution in [3.8, 4) is 11.5 Å². The summed E-state index contributed by atoms with van der Waals surface area (Å²) in [6, 6.07) is 9.18. The molecule has 2 rings (SSSR count). The number of benzene rings is 2. The molecule has 0 aromatic heterocycles. The van der Waals surface area contributed by atoms with Gasteiger partial charge in [0.25, 0.3) is 0 Å². The Hall–Kier alpha value is -1.72. The summed E-state index contributed by atoms with van der Waals surface area (Å²) in [7, 11) is 1.27. The second-order valence-electron chi connectivity index (χ2n) is 5.12. The van der Waals surface area contributed by atoms with E-state index in [4.69, 9.17) is 21.1 Å². The van der Waals surface area contributed by atoms with Crippen LogP contribution in [0.3, 0.4) is 0 Å². The molecule has 128 valence electrons. The number of rotatable bonds is 5. The number of carbonyl (C=O) groups is 1. The Kier molecular flexibility index (Phi) is 6.52. The molecule has 0 saturated carbocycles. The van der Waals surface area contributed by atoms with Crippen LogP contribution in [0.1, 0.15) is 23.6 Å². The van der Waals surface area contributed by atoms with Gasteiger partial charge in [-0.1, -0.05) is 30.7 Å². The van der Waals surface area contributed by atoms with Gasteiger partial charge in [0.2, 0.25) is 0 Å². The molecule has 0 fully saturated rings. The average Bonchev–Trinajstić information content (AvgIpc) is 2.57. The maximum Gasteiger partial charge on any atom is 0.513 e. The van der Waals surface area contributed by atoms with Crippen molar-refractivity contribution in [2.24, 2.45) is 0 Å². The highest BCUT2D eigenvalue weighted by atomic mass is 79.9. The molecule has 6 heteroatoms. The van der Waals surface area contributed by atoms with E-state index in [0.29, 0.717) is 16.5 Å². The fraction of sp³-hybridized carbons (Fsp3) is 0.278. The maximum absolute atomic E-state index is 11.4. The summed E-state index contributed by atoms with van der Waals surface area (Å²) in [5.74, 6) is 1.05. The first-order valence-electron chi connectivity index (χ1n) is 7.41. The van der Waals surface area contributed by atoms with Crippen LogP contribution in [0, 0.1) is 6.92 Å². The van der Waals surface area contributed by atoms with Gasteiger partial charge >= 0.3 is 6.16 Å². The minimum Gasteiger partial charge on any atom is -0.488 e. The van der Waals surface area contributed by atoms with Crippen LogP contribution in [-0.4, -0.2) is 13.3 Å². The Morgan fingerprint density at radius 2 is 2.00 bits per heavy atom. The third kappa shape index (κ3) is 4.42. The molecule has 24 heavy (non-hydrogen) atoms. The second kappa shape index (κ2) is 8.40. The fourth-order valence-corrected chi connectivity index (χ4v) is 2.95. The van der Waals surface area contributed by atoms with Gasteiger partial charge in [-0.3, -0.25) is 0 Å². The molecule has 4 nitrogen and oxygen atoms in total. The fourth-order valence-electron chi connectivity index (χ4n) is 2.22. The van der Waals surface area contributed by atoms with E-state index >= 15 is 0 Å². The summed E-state index contributed by atoms with van der Waals surface area (Å²) in [6.07, 6.45) is 0.0245. The molecule has 0 aliphatic carbocycles. The van der Waals surface area contributed by atoms with Crippen LogP contribution in [0.25, 0.3) is 0 Å². The van der Waals surface area contributed by atoms with Gasteiger partial charge in [-0.15, -0.1) is 0 Å². The summed E-state index contributed by atoms with van der Waals surface area (Å²) in [4.78, 5) is 11.4. The lowest BCUT2D eigenvalue weighted by Gasteiger charge is -2.15. The smallest absolute Gasteiger partial charge is 0.488 e. The minimum absolute atomic E-state index is 0.244. The summed E-state index contributed by atoms with van der Waals surface area (Å²) in [5, 5.41) is 0.628. The Bertz CT molecular complexity index is 746. The van der Waals surface area contributed by atoms with Gasteiger partial charge in [0.05, 0.1) is 11.6 Å². The third-order valence-electron chi connectivity index (χ3n) is 3.56. The highest BCUT2D eigenvalue weighted by molar-refractivity contribution is 9.10. The Labute approximate surface area is 154 Å². The van der Waals surface area contributed by atoms with Gasteiger partial charge in [0.1, 0.15) is 18.1 Å². The molecule has 0 saturated heterocycles. The van der Waals surface area contributed by atoms with E-state index in [9.17, 15) is 4.79 Å². The van der Waals surface area contributed by atoms with Crippen LogP contribution in [0.4, 0.5) is 4.79 Å². The quantitative estimate of drug-likeness (QED) is 0.466. The van der Waals surface area contributed by atoms with Crippen LogP contribution >= 0.6 is 27.5 Å². The molecule has 0 bridgehead atoms. The topological polar surface area (TPSA) is 44.8 Å². The first-order chi connectivity index (χ1) is 11.5. The molecular formula is C18H18BrClO4.